The van der Waals surface area contributed by atoms with E-state index in [0.29, 0.717) is 5.75 Å². The molecule has 1 aliphatic carbocycles. The third kappa shape index (κ3) is 2.25. The van der Waals surface area contributed by atoms with Gasteiger partial charge in [-0.1, -0.05) is 40.2 Å². The van der Waals surface area contributed by atoms with Gasteiger partial charge in [-0.15, -0.1) is 5.73 Å². The normalized spacial score (nSPS) is 13.0. The van der Waals surface area contributed by atoms with Crippen molar-refractivity contribution in [3.63, 3.8) is 0 Å². The molecule has 0 aromatic heterocycles. The summed E-state index contributed by atoms with van der Waals surface area (Å²) in [4.78, 5) is 1.76. The number of phenols is 1. The predicted molar refractivity (Wildman–Crippen MR) is 81.5 cm³/mol. The highest BCUT2D eigenvalue weighted by Gasteiger charge is 2.17. The van der Waals surface area contributed by atoms with Crippen molar-refractivity contribution in [2.45, 2.75) is 12.8 Å². The van der Waals surface area contributed by atoms with E-state index in [1.807, 2.05) is 12.1 Å². The lowest BCUT2D eigenvalue weighted by Gasteiger charge is -2.09. The van der Waals surface area contributed by atoms with Crippen LogP contribution < -0.4 is 0 Å². The zero-order chi connectivity index (χ0) is 13.2. The molecule has 0 heterocycles. The average Bonchev–Trinajstić information content (AvgIpc) is 2.57. The van der Waals surface area contributed by atoms with Crippen LogP contribution in [0.15, 0.2) is 53.2 Å². The van der Waals surface area contributed by atoms with Crippen LogP contribution in [0.25, 0.3) is 5.57 Å². The van der Waals surface area contributed by atoms with Gasteiger partial charge in [0.25, 0.3) is 0 Å². The Balaban J connectivity index is 2.31. The molecular formula is C17H13BrO. The molecule has 2 aromatic carbocycles. The number of aryl methyl sites for hydroxylation is 2. The van der Waals surface area contributed by atoms with Gasteiger partial charge in [0.05, 0.1) is 0 Å². The first kappa shape index (κ1) is 12.3. The topological polar surface area (TPSA) is 20.2 Å². The quantitative estimate of drug-likeness (QED) is 0.713. The fourth-order valence-corrected chi connectivity index (χ4v) is 2.87. The van der Waals surface area contributed by atoms with E-state index in [9.17, 15) is 5.11 Å². The lowest BCUT2D eigenvalue weighted by Crippen LogP contribution is -1.90. The van der Waals surface area contributed by atoms with Crippen molar-refractivity contribution < 1.29 is 5.11 Å². The Morgan fingerprint density at radius 1 is 1.00 bits per heavy atom. The fourth-order valence-electron chi connectivity index (χ4n) is 2.64. The Labute approximate surface area is 121 Å². The highest BCUT2D eigenvalue weighted by molar-refractivity contribution is 9.11. The maximum atomic E-state index is 9.67. The molecule has 94 valence electrons. The first-order valence-corrected chi connectivity index (χ1v) is 7.17. The number of rotatable bonds is 0. The summed E-state index contributed by atoms with van der Waals surface area (Å²) in [6.07, 6.45) is 1.92. The summed E-state index contributed by atoms with van der Waals surface area (Å²) < 4.78 is 0. The molecule has 0 bridgehead atoms. The van der Waals surface area contributed by atoms with Gasteiger partial charge in [0.2, 0.25) is 0 Å². The van der Waals surface area contributed by atoms with Gasteiger partial charge in [-0.3, -0.25) is 0 Å². The van der Waals surface area contributed by atoms with E-state index in [2.05, 4.69) is 45.9 Å². The lowest BCUT2D eigenvalue weighted by atomic mass is 9.95. The van der Waals surface area contributed by atoms with E-state index in [4.69, 9.17) is 0 Å². The number of hydrogen-bond donors (Lipinski definition) is 1. The molecule has 0 fully saturated rings. The summed E-state index contributed by atoms with van der Waals surface area (Å²) >= 11 is 3.32. The van der Waals surface area contributed by atoms with Gasteiger partial charge >= 0.3 is 0 Å². The molecule has 19 heavy (non-hydrogen) atoms. The highest BCUT2D eigenvalue weighted by Crippen LogP contribution is 2.34. The van der Waals surface area contributed by atoms with Gasteiger partial charge in [0.1, 0.15) is 5.75 Å². The number of benzene rings is 2. The van der Waals surface area contributed by atoms with Crippen LogP contribution in [-0.2, 0) is 12.8 Å². The van der Waals surface area contributed by atoms with Crippen LogP contribution in [0.1, 0.15) is 22.3 Å². The molecule has 0 saturated heterocycles. The molecule has 0 atom stereocenters. The van der Waals surface area contributed by atoms with Crippen molar-refractivity contribution in [3.8, 4) is 5.75 Å². The summed E-state index contributed by atoms with van der Waals surface area (Å²) in [7, 11) is 0. The third-order valence-corrected chi connectivity index (χ3v) is 3.74. The van der Waals surface area contributed by atoms with E-state index in [1.165, 1.54) is 16.7 Å². The number of aromatic hydroxyl groups is 1. The maximum absolute atomic E-state index is 9.67. The van der Waals surface area contributed by atoms with E-state index in [-0.39, 0.29) is 0 Å². The van der Waals surface area contributed by atoms with Gasteiger partial charge in [-0.25, -0.2) is 0 Å². The molecule has 0 aliphatic heterocycles. The van der Waals surface area contributed by atoms with Gasteiger partial charge in [0.15, 0.2) is 0 Å². The van der Waals surface area contributed by atoms with Crippen LogP contribution in [-0.4, -0.2) is 5.11 Å². The zero-order valence-corrected chi connectivity index (χ0v) is 11.9. The molecule has 1 N–H and O–H groups in total. The maximum Gasteiger partial charge on any atom is 0.115 e. The third-order valence-electron chi connectivity index (χ3n) is 3.51. The molecule has 0 unspecified atom stereocenters. The second-order valence-corrected chi connectivity index (χ2v) is 5.08. The van der Waals surface area contributed by atoms with Crippen molar-refractivity contribution in [1.29, 1.82) is 0 Å². The van der Waals surface area contributed by atoms with Gasteiger partial charge in [-0.2, -0.15) is 0 Å². The Kier molecular flexibility index (Phi) is 3.29. The van der Waals surface area contributed by atoms with E-state index in [0.717, 1.165) is 24.0 Å². The van der Waals surface area contributed by atoms with Gasteiger partial charge in [-0.05, 0) is 53.3 Å². The summed E-state index contributed by atoms with van der Waals surface area (Å²) in [6.45, 7) is 0. The van der Waals surface area contributed by atoms with Gasteiger partial charge in [0, 0.05) is 10.6 Å². The largest absolute Gasteiger partial charge is 0.508 e. The molecule has 0 spiro atoms. The molecule has 0 radical (unpaired) electrons. The van der Waals surface area contributed by atoms with Crippen molar-refractivity contribution in [3.05, 3.63) is 75.4 Å². The van der Waals surface area contributed by atoms with E-state index in [1.54, 1.807) is 11.1 Å². The minimum absolute atomic E-state index is 0.326. The average molecular weight is 313 g/mol. The fraction of sp³-hybridized carbons (Fsp3) is 0.118. The lowest BCUT2D eigenvalue weighted by molar-refractivity contribution is 0.474. The van der Waals surface area contributed by atoms with Crippen LogP contribution in [0.2, 0.25) is 0 Å². The smallest absolute Gasteiger partial charge is 0.115 e. The Hall–Kier alpha value is -1.76. The predicted octanol–water partition coefficient (Wildman–Crippen LogP) is 4.43. The second kappa shape index (κ2) is 5.08. The number of hydrogen-bond acceptors (Lipinski definition) is 1. The molecule has 0 saturated carbocycles. The molecule has 1 nitrogen and oxygen atoms in total. The monoisotopic (exact) mass is 312 g/mol. The minimum atomic E-state index is 0.326. The summed E-state index contributed by atoms with van der Waals surface area (Å²) in [5.41, 5.74) is 9.25. The Bertz CT molecular complexity index is 694. The van der Waals surface area contributed by atoms with E-state index >= 15 is 0 Å². The summed E-state index contributed by atoms with van der Waals surface area (Å²) in [6, 6.07) is 14.0. The minimum Gasteiger partial charge on any atom is -0.508 e. The number of phenolic OH excluding ortho intramolecular Hbond substituents is 1. The standard InChI is InChI=1S/C17H13BrO/c18-10-9-17-15-4-2-1-3-12(15)5-6-13-11-14(19)7-8-16(13)17/h1-4,7-8,10-11,19H,5-6H2. The molecular weight excluding hydrogens is 300 g/mol. The Morgan fingerprint density at radius 2 is 1.74 bits per heavy atom. The van der Waals surface area contributed by atoms with Crippen molar-refractivity contribution >= 4 is 21.5 Å². The molecule has 0 amide bonds. The molecule has 3 rings (SSSR count). The SMILES string of the molecule is Oc1ccc2c(c1)CCc1ccccc1C2=C=CBr. The van der Waals surface area contributed by atoms with Crippen molar-refractivity contribution in [2.75, 3.05) is 0 Å². The molecule has 1 aliphatic rings. The first-order chi connectivity index (χ1) is 9.29. The summed E-state index contributed by atoms with van der Waals surface area (Å²) in [5, 5.41) is 9.67. The Morgan fingerprint density at radius 3 is 2.58 bits per heavy atom. The number of halogens is 1. The highest BCUT2D eigenvalue weighted by atomic mass is 79.9. The van der Waals surface area contributed by atoms with Crippen molar-refractivity contribution in [1.82, 2.24) is 0 Å². The van der Waals surface area contributed by atoms with Crippen LogP contribution >= 0.6 is 15.9 Å². The van der Waals surface area contributed by atoms with Crippen LogP contribution in [0, 0.1) is 0 Å². The first-order valence-electron chi connectivity index (χ1n) is 6.25. The van der Waals surface area contributed by atoms with Crippen LogP contribution in [0.3, 0.4) is 0 Å². The summed E-state index contributed by atoms with van der Waals surface area (Å²) in [5.74, 6) is 0.326. The molecule has 2 aromatic rings. The zero-order valence-electron chi connectivity index (χ0n) is 10.4. The number of fused-ring (bicyclic) bond motifs is 2. The van der Waals surface area contributed by atoms with Crippen LogP contribution in [0.4, 0.5) is 0 Å². The van der Waals surface area contributed by atoms with E-state index < -0.39 is 0 Å². The second-order valence-electron chi connectivity index (χ2n) is 4.63. The molecule has 2 heteroatoms. The van der Waals surface area contributed by atoms with Crippen LogP contribution in [0.5, 0.6) is 5.75 Å². The van der Waals surface area contributed by atoms with Crippen molar-refractivity contribution in [2.24, 2.45) is 0 Å². The van der Waals surface area contributed by atoms with Gasteiger partial charge < -0.3 is 5.11 Å².